The molecular formula is C23H29FN6O2. The van der Waals surface area contributed by atoms with Crippen LogP contribution in [0.25, 0.3) is 16.7 Å². The fourth-order valence-corrected chi connectivity index (χ4v) is 4.77. The van der Waals surface area contributed by atoms with Gasteiger partial charge in [0, 0.05) is 30.5 Å². The second-order valence-corrected chi connectivity index (χ2v) is 8.63. The minimum atomic E-state index is -0.898. The van der Waals surface area contributed by atoms with Gasteiger partial charge in [-0.3, -0.25) is 0 Å². The molecule has 2 unspecified atom stereocenters. The number of methoxy groups -OCH3 is 1. The molecule has 1 N–H and O–H groups in total. The first-order valence-corrected chi connectivity index (χ1v) is 11.2. The van der Waals surface area contributed by atoms with Gasteiger partial charge in [0.15, 0.2) is 5.82 Å². The minimum absolute atomic E-state index is 0.117. The molecule has 2 saturated heterocycles. The standard InChI is InChI=1S/C23H29FN6O2/c1-14-8-16-11-26-30(20(16)9-18(14)17-4-5-25-12-19(17)24)22-10-21(27-23(28-22)31-3)29-6-7-32-13-15(29)2/h8-11,15,17,19,25H,4-7,12-13H2,1-3H3/t15-,17?,19?/m0/s1. The first-order chi connectivity index (χ1) is 15.5. The van der Waals surface area contributed by atoms with Crippen molar-refractivity contribution >= 4 is 16.7 Å². The Balaban J connectivity index is 1.60. The molecule has 0 bridgehead atoms. The summed E-state index contributed by atoms with van der Waals surface area (Å²) < 4.78 is 27.5. The number of hydrogen-bond acceptors (Lipinski definition) is 7. The normalized spacial score (nSPS) is 24.1. The Kier molecular flexibility index (Phi) is 5.69. The van der Waals surface area contributed by atoms with Crippen molar-refractivity contribution in [1.82, 2.24) is 25.1 Å². The van der Waals surface area contributed by atoms with E-state index in [2.05, 4.69) is 44.3 Å². The molecule has 4 heterocycles. The summed E-state index contributed by atoms with van der Waals surface area (Å²) in [6.07, 6.45) is 1.71. The molecule has 2 aliphatic rings. The number of fused-ring (bicyclic) bond motifs is 1. The highest BCUT2D eigenvalue weighted by molar-refractivity contribution is 5.82. The van der Waals surface area contributed by atoms with E-state index in [0.29, 0.717) is 25.6 Å². The van der Waals surface area contributed by atoms with Crippen molar-refractivity contribution in [2.45, 2.75) is 38.4 Å². The van der Waals surface area contributed by atoms with E-state index >= 15 is 0 Å². The van der Waals surface area contributed by atoms with Gasteiger partial charge >= 0.3 is 6.01 Å². The first-order valence-electron chi connectivity index (χ1n) is 11.2. The van der Waals surface area contributed by atoms with Crippen LogP contribution in [-0.4, -0.2) is 71.9 Å². The third-order valence-electron chi connectivity index (χ3n) is 6.50. The number of benzene rings is 1. The number of aromatic nitrogens is 4. The molecule has 0 saturated carbocycles. The van der Waals surface area contributed by atoms with Crippen LogP contribution in [0.4, 0.5) is 10.2 Å². The molecule has 3 aromatic rings. The van der Waals surface area contributed by atoms with E-state index < -0.39 is 6.17 Å². The fourth-order valence-electron chi connectivity index (χ4n) is 4.77. The van der Waals surface area contributed by atoms with E-state index in [1.54, 1.807) is 11.8 Å². The quantitative estimate of drug-likeness (QED) is 0.668. The molecule has 1 aromatic carbocycles. The van der Waals surface area contributed by atoms with Crippen LogP contribution in [0.15, 0.2) is 24.4 Å². The molecule has 5 rings (SSSR count). The van der Waals surface area contributed by atoms with E-state index in [4.69, 9.17) is 9.47 Å². The first kappa shape index (κ1) is 21.1. The zero-order valence-electron chi connectivity index (χ0n) is 18.7. The summed E-state index contributed by atoms with van der Waals surface area (Å²) in [4.78, 5) is 11.3. The summed E-state index contributed by atoms with van der Waals surface area (Å²) in [6, 6.07) is 6.58. The monoisotopic (exact) mass is 440 g/mol. The average Bonchev–Trinajstić information content (AvgIpc) is 3.21. The number of rotatable bonds is 4. The number of nitrogens with zero attached hydrogens (tertiary/aromatic N) is 5. The number of aryl methyl sites for hydroxylation is 1. The lowest BCUT2D eigenvalue weighted by molar-refractivity contribution is 0.0984. The van der Waals surface area contributed by atoms with Gasteiger partial charge in [-0.25, -0.2) is 9.07 Å². The molecule has 2 aliphatic heterocycles. The minimum Gasteiger partial charge on any atom is -0.467 e. The van der Waals surface area contributed by atoms with Gasteiger partial charge in [0.2, 0.25) is 0 Å². The van der Waals surface area contributed by atoms with Crippen molar-refractivity contribution in [3.63, 3.8) is 0 Å². The third kappa shape index (κ3) is 3.80. The Labute approximate surface area is 186 Å². The maximum Gasteiger partial charge on any atom is 0.320 e. The lowest BCUT2D eigenvalue weighted by atomic mass is 9.85. The fraction of sp³-hybridized carbons (Fsp3) is 0.522. The zero-order valence-corrected chi connectivity index (χ0v) is 18.7. The summed E-state index contributed by atoms with van der Waals surface area (Å²) in [5.41, 5.74) is 3.03. The highest BCUT2D eigenvalue weighted by Crippen LogP contribution is 2.33. The van der Waals surface area contributed by atoms with E-state index in [-0.39, 0.29) is 18.0 Å². The second-order valence-electron chi connectivity index (χ2n) is 8.63. The van der Waals surface area contributed by atoms with Crippen molar-refractivity contribution < 1.29 is 13.9 Å². The predicted octanol–water partition coefficient (Wildman–Crippen LogP) is 2.77. The number of morpholine rings is 1. The highest BCUT2D eigenvalue weighted by Gasteiger charge is 2.28. The van der Waals surface area contributed by atoms with Crippen molar-refractivity contribution in [3.05, 3.63) is 35.5 Å². The zero-order chi connectivity index (χ0) is 22.2. The van der Waals surface area contributed by atoms with E-state index in [1.807, 2.05) is 19.2 Å². The number of alkyl halides is 1. The van der Waals surface area contributed by atoms with Crippen LogP contribution in [-0.2, 0) is 4.74 Å². The van der Waals surface area contributed by atoms with Crippen LogP contribution in [0.2, 0.25) is 0 Å². The molecule has 0 amide bonds. The molecule has 0 spiro atoms. The van der Waals surface area contributed by atoms with Crippen LogP contribution < -0.4 is 15.0 Å². The maximum atomic E-state index is 14.7. The average molecular weight is 441 g/mol. The predicted molar refractivity (Wildman–Crippen MR) is 121 cm³/mol. The molecule has 170 valence electrons. The highest BCUT2D eigenvalue weighted by atomic mass is 19.1. The Morgan fingerprint density at radius 2 is 2.06 bits per heavy atom. The number of piperidine rings is 1. The summed E-state index contributed by atoms with van der Waals surface area (Å²) in [5, 5.41) is 8.75. The molecule has 0 aliphatic carbocycles. The van der Waals surface area contributed by atoms with E-state index in [0.717, 1.165) is 47.4 Å². The van der Waals surface area contributed by atoms with Gasteiger partial charge in [0.1, 0.15) is 12.0 Å². The maximum absolute atomic E-state index is 14.7. The van der Waals surface area contributed by atoms with Crippen LogP contribution in [0, 0.1) is 6.92 Å². The number of hydrogen-bond donors (Lipinski definition) is 1. The van der Waals surface area contributed by atoms with E-state index in [1.165, 1.54) is 0 Å². The van der Waals surface area contributed by atoms with Crippen molar-refractivity contribution in [3.8, 4) is 11.8 Å². The smallest absolute Gasteiger partial charge is 0.320 e. The van der Waals surface area contributed by atoms with Gasteiger partial charge in [-0.1, -0.05) is 0 Å². The molecule has 2 fully saturated rings. The molecule has 2 aromatic heterocycles. The van der Waals surface area contributed by atoms with E-state index in [9.17, 15) is 4.39 Å². The van der Waals surface area contributed by atoms with Gasteiger partial charge in [-0.15, -0.1) is 0 Å². The van der Waals surface area contributed by atoms with Gasteiger partial charge in [0.25, 0.3) is 0 Å². The van der Waals surface area contributed by atoms with Crippen molar-refractivity contribution in [1.29, 1.82) is 0 Å². The second kappa shape index (κ2) is 8.63. The lowest BCUT2D eigenvalue weighted by Crippen LogP contribution is -2.44. The number of nitrogens with one attached hydrogen (secondary N) is 1. The van der Waals surface area contributed by atoms with Crippen molar-refractivity contribution in [2.24, 2.45) is 0 Å². The van der Waals surface area contributed by atoms with Crippen LogP contribution in [0.5, 0.6) is 6.01 Å². The molecule has 9 heteroatoms. The van der Waals surface area contributed by atoms with Gasteiger partial charge in [0.05, 0.1) is 38.1 Å². The van der Waals surface area contributed by atoms with Gasteiger partial charge < -0.3 is 19.7 Å². The molecule has 0 radical (unpaired) electrons. The lowest BCUT2D eigenvalue weighted by Gasteiger charge is -2.34. The van der Waals surface area contributed by atoms with Crippen molar-refractivity contribution in [2.75, 3.05) is 44.9 Å². The number of ether oxygens (including phenoxy) is 2. The summed E-state index contributed by atoms with van der Waals surface area (Å²) in [7, 11) is 1.56. The number of anilines is 1. The Hall–Kier alpha value is -2.78. The molecule has 32 heavy (non-hydrogen) atoms. The Morgan fingerprint density at radius 3 is 2.84 bits per heavy atom. The topological polar surface area (TPSA) is 77.3 Å². The van der Waals surface area contributed by atoms with Gasteiger partial charge in [-0.2, -0.15) is 15.1 Å². The molecule has 3 atom stereocenters. The Bertz CT molecular complexity index is 1120. The third-order valence-corrected chi connectivity index (χ3v) is 6.50. The van der Waals surface area contributed by atoms with Crippen LogP contribution in [0.1, 0.15) is 30.4 Å². The Morgan fingerprint density at radius 1 is 1.22 bits per heavy atom. The van der Waals surface area contributed by atoms with Crippen LogP contribution in [0.3, 0.4) is 0 Å². The number of halogens is 1. The summed E-state index contributed by atoms with van der Waals surface area (Å²) in [5.74, 6) is 1.28. The SMILES string of the molecule is COc1nc(N2CCOC[C@@H]2C)cc(-n2ncc3cc(C)c(C4CCNCC4F)cc32)n1. The van der Waals surface area contributed by atoms with Crippen LogP contribution >= 0.6 is 0 Å². The summed E-state index contributed by atoms with van der Waals surface area (Å²) in [6.45, 7) is 7.43. The summed E-state index contributed by atoms with van der Waals surface area (Å²) >= 11 is 0. The largest absolute Gasteiger partial charge is 0.467 e. The molecular weight excluding hydrogens is 411 g/mol. The molecule has 8 nitrogen and oxygen atoms in total. The van der Waals surface area contributed by atoms with Gasteiger partial charge in [-0.05, 0) is 50.1 Å².